The van der Waals surface area contributed by atoms with Crippen LogP contribution in [0, 0.1) is 12.3 Å². The van der Waals surface area contributed by atoms with Crippen LogP contribution < -0.4 is 0 Å². The fourth-order valence-electron chi connectivity index (χ4n) is 7.12. The van der Waals surface area contributed by atoms with Crippen LogP contribution >= 0.6 is 0 Å². The third-order valence-electron chi connectivity index (χ3n) is 8.66. The molecular weight excluding hydrogens is 520 g/mol. The van der Waals surface area contributed by atoms with Gasteiger partial charge in [0.05, 0.1) is 28.4 Å². The Morgan fingerprint density at radius 1 is 0.775 bits per heavy atom. The topological polar surface area (TPSA) is 193 Å². The van der Waals surface area contributed by atoms with Crippen LogP contribution in [0.25, 0.3) is 5.76 Å². The number of aryl methyl sites for hydroxylation is 1. The highest BCUT2D eigenvalue weighted by Gasteiger charge is 2.61. The summed E-state index contributed by atoms with van der Waals surface area (Å²) >= 11 is 0. The Kier molecular flexibility index (Phi) is 4.38. The van der Waals surface area contributed by atoms with Gasteiger partial charge in [0.15, 0.2) is 23.1 Å². The normalized spacial score (nSPS) is 23.8. The van der Waals surface area contributed by atoms with E-state index in [1.165, 1.54) is 24.3 Å². The molecule has 3 atom stereocenters. The van der Waals surface area contributed by atoms with Crippen LogP contribution in [-0.2, 0) is 11.2 Å². The number of ketones is 3. The van der Waals surface area contributed by atoms with Crippen molar-refractivity contribution in [2.75, 3.05) is 0 Å². The van der Waals surface area contributed by atoms with E-state index in [4.69, 9.17) is 0 Å². The predicted octanol–water partition coefficient (Wildman–Crippen LogP) is 3.08. The maximum Gasteiger partial charge on any atom is 0.202 e. The average Bonchev–Trinajstić information content (AvgIpc) is 3.21. The monoisotopic (exact) mass is 540 g/mol. The van der Waals surface area contributed by atoms with Gasteiger partial charge in [-0.25, -0.2) is 0 Å². The molecule has 0 bridgehead atoms. The van der Waals surface area contributed by atoms with Crippen LogP contribution in [0.2, 0.25) is 0 Å². The molecule has 1 spiro atoms. The number of aromatic hydroxyl groups is 5. The number of aliphatic hydroxyl groups excluding tert-OH is 2. The Morgan fingerprint density at radius 3 is 2.20 bits per heavy atom. The SMILES string of the molecule is Cc1cc(O)c2c(c1)[C@H](O)[C@]13Cc4cc(O)c5c(c4[C@H]1C=CC(=O)C3=C2O)C(=O)c1cc(O)c(O)c(O)c1C5=O. The van der Waals surface area contributed by atoms with Gasteiger partial charge in [-0.1, -0.05) is 12.1 Å². The molecule has 200 valence electrons. The highest BCUT2D eigenvalue weighted by Crippen LogP contribution is 2.66. The van der Waals surface area contributed by atoms with Gasteiger partial charge in [0, 0.05) is 22.5 Å². The lowest BCUT2D eigenvalue weighted by Gasteiger charge is -2.46. The summed E-state index contributed by atoms with van der Waals surface area (Å²) in [5, 5.41) is 75.3. The van der Waals surface area contributed by atoms with E-state index in [0.29, 0.717) is 11.1 Å². The fourth-order valence-corrected chi connectivity index (χ4v) is 7.12. The number of hydrogen-bond donors (Lipinski definition) is 7. The minimum atomic E-state index is -1.55. The van der Waals surface area contributed by atoms with E-state index in [9.17, 15) is 50.1 Å². The highest BCUT2D eigenvalue weighted by molar-refractivity contribution is 6.31. The molecule has 0 saturated heterocycles. The predicted molar refractivity (Wildman–Crippen MR) is 137 cm³/mol. The first-order chi connectivity index (χ1) is 18.9. The first-order valence-electron chi connectivity index (χ1n) is 12.3. The summed E-state index contributed by atoms with van der Waals surface area (Å²) in [5.41, 5.74) is -2.11. The first kappa shape index (κ1) is 24.0. The van der Waals surface area contributed by atoms with Crippen LogP contribution in [0.4, 0.5) is 0 Å². The summed E-state index contributed by atoms with van der Waals surface area (Å²) in [5.74, 6) is -7.61. The minimum Gasteiger partial charge on any atom is -0.507 e. The lowest BCUT2D eigenvalue weighted by Crippen LogP contribution is -2.43. The molecule has 0 heterocycles. The number of phenols is 5. The van der Waals surface area contributed by atoms with Gasteiger partial charge in [-0.3, -0.25) is 14.4 Å². The zero-order chi connectivity index (χ0) is 28.6. The van der Waals surface area contributed by atoms with Gasteiger partial charge in [0.2, 0.25) is 11.5 Å². The summed E-state index contributed by atoms with van der Waals surface area (Å²) < 4.78 is 0. The number of allylic oxidation sites excluding steroid dienone is 2. The van der Waals surface area contributed by atoms with Crippen molar-refractivity contribution in [1.29, 1.82) is 0 Å². The van der Waals surface area contributed by atoms with Crippen molar-refractivity contribution < 1.29 is 50.1 Å². The fraction of sp³-hybridized carbons (Fsp3) is 0.167. The largest absolute Gasteiger partial charge is 0.507 e. The van der Waals surface area contributed by atoms with Gasteiger partial charge in [-0.15, -0.1) is 0 Å². The smallest absolute Gasteiger partial charge is 0.202 e. The van der Waals surface area contributed by atoms with Gasteiger partial charge in [0.1, 0.15) is 17.3 Å². The molecule has 0 saturated carbocycles. The number of carbonyl (C=O) groups excluding carboxylic acids is 3. The van der Waals surface area contributed by atoms with Crippen molar-refractivity contribution in [1.82, 2.24) is 0 Å². The molecule has 10 heteroatoms. The van der Waals surface area contributed by atoms with Crippen molar-refractivity contribution in [2.24, 2.45) is 5.41 Å². The molecule has 7 N–H and O–H groups in total. The number of carbonyl (C=O) groups is 3. The molecular formula is C30H20O10. The molecule has 40 heavy (non-hydrogen) atoms. The number of phenolic OH excluding ortho intramolecular Hbond substituents is 5. The van der Waals surface area contributed by atoms with Crippen molar-refractivity contribution in [3.63, 3.8) is 0 Å². The quantitative estimate of drug-likeness (QED) is 0.163. The van der Waals surface area contributed by atoms with Crippen molar-refractivity contribution in [3.8, 4) is 28.7 Å². The summed E-state index contributed by atoms with van der Waals surface area (Å²) in [4.78, 5) is 40.7. The van der Waals surface area contributed by atoms with E-state index in [2.05, 4.69) is 0 Å². The third-order valence-corrected chi connectivity index (χ3v) is 8.66. The Bertz CT molecular complexity index is 1880. The molecule has 0 fully saturated rings. The van der Waals surface area contributed by atoms with Crippen LogP contribution in [0.15, 0.2) is 42.0 Å². The van der Waals surface area contributed by atoms with E-state index in [0.717, 1.165) is 6.07 Å². The average molecular weight is 540 g/mol. The Morgan fingerprint density at radius 2 is 1.48 bits per heavy atom. The van der Waals surface area contributed by atoms with Gasteiger partial charge >= 0.3 is 0 Å². The van der Waals surface area contributed by atoms with E-state index >= 15 is 0 Å². The first-order valence-corrected chi connectivity index (χ1v) is 12.3. The summed E-state index contributed by atoms with van der Waals surface area (Å²) in [6.45, 7) is 1.69. The molecule has 0 unspecified atom stereocenters. The zero-order valence-corrected chi connectivity index (χ0v) is 20.7. The number of aliphatic hydroxyl groups is 2. The number of benzene rings is 3. The molecule has 3 aromatic rings. The zero-order valence-electron chi connectivity index (χ0n) is 20.7. The maximum absolute atomic E-state index is 13.9. The van der Waals surface area contributed by atoms with E-state index in [1.54, 1.807) is 13.0 Å². The van der Waals surface area contributed by atoms with Gasteiger partial charge < -0.3 is 35.7 Å². The van der Waals surface area contributed by atoms with Crippen LogP contribution in [0.3, 0.4) is 0 Å². The second kappa shape index (κ2) is 7.30. The second-order valence-corrected chi connectivity index (χ2v) is 10.7. The van der Waals surface area contributed by atoms with Crippen molar-refractivity contribution >= 4 is 23.1 Å². The number of hydrogen-bond acceptors (Lipinski definition) is 10. The molecule has 7 rings (SSSR count). The molecule has 0 aromatic heterocycles. The Balaban J connectivity index is 1.54. The lowest BCUT2D eigenvalue weighted by atomic mass is 9.57. The van der Waals surface area contributed by atoms with E-state index in [-0.39, 0.29) is 40.0 Å². The molecule has 10 nitrogen and oxygen atoms in total. The molecule has 3 aromatic carbocycles. The molecule has 0 radical (unpaired) electrons. The molecule has 0 amide bonds. The summed E-state index contributed by atoms with van der Waals surface area (Å²) in [6.07, 6.45) is 1.10. The number of rotatable bonds is 0. The van der Waals surface area contributed by atoms with Crippen LogP contribution in [0.1, 0.15) is 71.7 Å². The van der Waals surface area contributed by atoms with Crippen LogP contribution in [0.5, 0.6) is 28.7 Å². The van der Waals surface area contributed by atoms with Crippen molar-refractivity contribution in [2.45, 2.75) is 25.4 Å². The van der Waals surface area contributed by atoms with Gasteiger partial charge in [-0.2, -0.15) is 0 Å². The second-order valence-electron chi connectivity index (χ2n) is 10.7. The molecule has 4 aliphatic carbocycles. The summed E-state index contributed by atoms with van der Waals surface area (Å²) in [6, 6.07) is 5.07. The Labute approximate surface area is 225 Å². The maximum atomic E-state index is 13.9. The summed E-state index contributed by atoms with van der Waals surface area (Å²) in [7, 11) is 0. The highest BCUT2D eigenvalue weighted by atomic mass is 16.3. The third kappa shape index (κ3) is 2.54. The minimum absolute atomic E-state index is 0.0760. The molecule has 0 aliphatic heterocycles. The van der Waals surface area contributed by atoms with Gasteiger partial charge in [-0.05, 0) is 59.9 Å². The number of fused-ring (bicyclic) bond motifs is 6. The Hall–Kier alpha value is -5.09. The lowest BCUT2D eigenvalue weighted by molar-refractivity contribution is -0.114. The van der Waals surface area contributed by atoms with E-state index < -0.39 is 80.2 Å². The van der Waals surface area contributed by atoms with E-state index in [1.807, 2.05) is 0 Å². The standard InChI is InChI=1S/C30H20O10/c1-9-4-12-19(15(32)5-9)27(38)23-14(31)3-2-13-18-10(8-30(13,23)29(12)40)6-16(33)21-22(18)24(35)11-7-17(34)25(36)28(39)20(11)26(21)37/h2-7,13,29,32-34,36,38-40H,8H2,1H3/t13-,29+,30-/m1/s1. The van der Waals surface area contributed by atoms with Crippen LogP contribution in [-0.4, -0.2) is 53.1 Å². The molecule has 4 aliphatic rings. The van der Waals surface area contributed by atoms with Crippen molar-refractivity contribution in [3.05, 3.63) is 92.1 Å². The van der Waals surface area contributed by atoms with Gasteiger partial charge in [0.25, 0.3) is 0 Å².